The Bertz CT molecular complexity index is 550. The lowest BCUT2D eigenvalue weighted by Gasteiger charge is -1.98. The van der Waals surface area contributed by atoms with Crippen molar-refractivity contribution in [2.24, 2.45) is 0 Å². The normalized spacial score (nSPS) is 10.8. The Morgan fingerprint density at radius 1 is 1.31 bits per heavy atom. The summed E-state index contributed by atoms with van der Waals surface area (Å²) in [4.78, 5) is 4.52. The number of pyridine rings is 1. The third-order valence-corrected chi connectivity index (χ3v) is 3.09. The number of hydrogen-bond donors (Lipinski definition) is 1. The Morgan fingerprint density at radius 2 is 2.31 bits per heavy atom. The van der Waals surface area contributed by atoms with Crippen LogP contribution in [0.4, 0.5) is 5.69 Å². The molecule has 0 saturated heterocycles. The molecule has 1 N–H and O–H groups in total. The molecule has 0 radical (unpaired) electrons. The minimum absolute atomic E-state index is 0.762. The molecule has 0 fully saturated rings. The number of aromatic nitrogens is 2. The monoisotopic (exact) mass is 229 g/mol. The highest BCUT2D eigenvalue weighted by molar-refractivity contribution is 7.08. The number of rotatable bonds is 3. The van der Waals surface area contributed by atoms with Crippen LogP contribution >= 0.6 is 11.3 Å². The van der Waals surface area contributed by atoms with Gasteiger partial charge in [-0.3, -0.25) is 0 Å². The maximum atomic E-state index is 4.52. The van der Waals surface area contributed by atoms with Crippen LogP contribution in [-0.4, -0.2) is 9.38 Å². The van der Waals surface area contributed by atoms with Crippen LogP contribution in [0.5, 0.6) is 0 Å². The van der Waals surface area contributed by atoms with Gasteiger partial charge in [0.1, 0.15) is 5.65 Å². The average Bonchev–Trinajstić information content (AvgIpc) is 2.95. The predicted molar refractivity (Wildman–Crippen MR) is 66.8 cm³/mol. The van der Waals surface area contributed by atoms with Crippen LogP contribution < -0.4 is 5.32 Å². The highest BCUT2D eigenvalue weighted by Crippen LogP contribution is 2.13. The topological polar surface area (TPSA) is 29.3 Å². The molecule has 3 aromatic heterocycles. The lowest BCUT2D eigenvalue weighted by Crippen LogP contribution is -1.97. The van der Waals surface area contributed by atoms with E-state index in [-0.39, 0.29) is 0 Å². The van der Waals surface area contributed by atoms with Crippen LogP contribution in [0.1, 0.15) is 5.69 Å². The van der Waals surface area contributed by atoms with E-state index < -0.39 is 0 Å². The molecule has 3 heterocycles. The van der Waals surface area contributed by atoms with Crippen molar-refractivity contribution >= 4 is 22.7 Å². The van der Waals surface area contributed by atoms with Crippen molar-refractivity contribution in [2.75, 3.05) is 5.32 Å². The van der Waals surface area contributed by atoms with Crippen molar-refractivity contribution in [1.29, 1.82) is 0 Å². The molecular weight excluding hydrogens is 218 g/mol. The highest BCUT2D eigenvalue weighted by Gasteiger charge is 2.00. The van der Waals surface area contributed by atoms with Gasteiger partial charge in [-0.2, -0.15) is 11.3 Å². The first-order valence-corrected chi connectivity index (χ1v) is 6.05. The summed E-state index contributed by atoms with van der Waals surface area (Å²) in [5, 5.41) is 7.49. The molecule has 3 aromatic rings. The Morgan fingerprint density at radius 3 is 3.12 bits per heavy atom. The smallest absolute Gasteiger partial charge is 0.137 e. The second kappa shape index (κ2) is 3.98. The van der Waals surface area contributed by atoms with Gasteiger partial charge in [-0.05, 0) is 23.6 Å². The summed E-state index contributed by atoms with van der Waals surface area (Å²) in [6.45, 7) is 0.762. The van der Waals surface area contributed by atoms with Crippen LogP contribution in [0.25, 0.3) is 5.65 Å². The van der Waals surface area contributed by atoms with Crippen LogP contribution in [0, 0.1) is 0 Å². The van der Waals surface area contributed by atoms with Crippen molar-refractivity contribution in [3.05, 3.63) is 53.1 Å². The van der Waals surface area contributed by atoms with E-state index in [1.54, 1.807) is 11.3 Å². The molecule has 0 aliphatic rings. The summed E-state index contributed by atoms with van der Waals surface area (Å²) >= 11 is 1.69. The summed E-state index contributed by atoms with van der Waals surface area (Å²) in [6, 6.07) is 8.08. The van der Waals surface area contributed by atoms with Crippen molar-refractivity contribution in [3.8, 4) is 0 Å². The molecule has 0 aromatic carbocycles. The lowest BCUT2D eigenvalue weighted by molar-refractivity contribution is 1.08. The van der Waals surface area contributed by atoms with Crippen LogP contribution in [0.15, 0.2) is 47.4 Å². The fourth-order valence-electron chi connectivity index (χ4n) is 1.63. The van der Waals surface area contributed by atoms with Gasteiger partial charge in [-0.15, -0.1) is 0 Å². The fourth-order valence-corrected chi connectivity index (χ4v) is 2.24. The van der Waals surface area contributed by atoms with E-state index in [4.69, 9.17) is 0 Å². The van der Waals surface area contributed by atoms with Gasteiger partial charge in [0.25, 0.3) is 0 Å². The first-order valence-electron chi connectivity index (χ1n) is 5.10. The van der Waals surface area contributed by atoms with Crippen LogP contribution in [-0.2, 0) is 6.54 Å². The van der Waals surface area contributed by atoms with E-state index in [0.29, 0.717) is 0 Å². The molecule has 0 amide bonds. The second-order valence-corrected chi connectivity index (χ2v) is 4.34. The van der Waals surface area contributed by atoms with Crippen molar-refractivity contribution in [3.63, 3.8) is 0 Å². The molecule has 3 rings (SSSR count). The minimum atomic E-state index is 0.762. The third-order valence-electron chi connectivity index (χ3n) is 2.41. The van der Waals surface area contributed by atoms with Gasteiger partial charge < -0.3 is 9.72 Å². The molecule has 0 spiro atoms. The van der Waals surface area contributed by atoms with E-state index in [1.807, 2.05) is 28.8 Å². The first-order chi connectivity index (χ1) is 7.92. The third kappa shape index (κ3) is 1.79. The maximum absolute atomic E-state index is 4.52. The van der Waals surface area contributed by atoms with Gasteiger partial charge in [0.05, 0.1) is 12.2 Å². The van der Waals surface area contributed by atoms with Crippen molar-refractivity contribution in [1.82, 2.24) is 9.38 Å². The highest BCUT2D eigenvalue weighted by atomic mass is 32.1. The minimum Gasteiger partial charge on any atom is -0.379 e. The Hall–Kier alpha value is -1.81. The van der Waals surface area contributed by atoms with Gasteiger partial charge >= 0.3 is 0 Å². The second-order valence-electron chi connectivity index (χ2n) is 3.56. The van der Waals surface area contributed by atoms with Crippen LogP contribution in [0.3, 0.4) is 0 Å². The molecule has 80 valence electrons. The van der Waals surface area contributed by atoms with E-state index in [9.17, 15) is 0 Å². The maximum Gasteiger partial charge on any atom is 0.137 e. The summed E-state index contributed by atoms with van der Waals surface area (Å²) in [5.41, 5.74) is 3.20. The SMILES string of the molecule is c1ccn2cc(CNc3ccsc3)nc2c1. The molecule has 3 nitrogen and oxygen atoms in total. The molecule has 16 heavy (non-hydrogen) atoms. The number of anilines is 1. The largest absolute Gasteiger partial charge is 0.379 e. The standard InChI is InChI=1S/C12H11N3S/c1-2-5-15-8-11(14-12(15)3-1)7-13-10-4-6-16-9-10/h1-6,8-9,13H,7H2. The van der Waals surface area contributed by atoms with Crippen molar-refractivity contribution < 1.29 is 0 Å². The first kappa shape index (κ1) is 9.42. The fraction of sp³-hybridized carbons (Fsp3) is 0.0833. The number of nitrogens with one attached hydrogen (secondary N) is 1. The lowest BCUT2D eigenvalue weighted by atomic mass is 10.4. The summed E-state index contributed by atoms with van der Waals surface area (Å²) < 4.78 is 2.03. The number of thiophene rings is 1. The molecule has 0 unspecified atom stereocenters. The summed E-state index contributed by atoms with van der Waals surface area (Å²) in [5.74, 6) is 0. The number of fused-ring (bicyclic) bond motifs is 1. The van der Waals surface area contributed by atoms with Gasteiger partial charge in [-0.1, -0.05) is 6.07 Å². The van der Waals surface area contributed by atoms with Gasteiger partial charge in [0.15, 0.2) is 0 Å². The summed E-state index contributed by atoms with van der Waals surface area (Å²) in [6.07, 6.45) is 4.06. The number of hydrogen-bond acceptors (Lipinski definition) is 3. The summed E-state index contributed by atoms with van der Waals surface area (Å²) in [7, 11) is 0. The van der Waals surface area contributed by atoms with Gasteiger partial charge in [-0.25, -0.2) is 4.98 Å². The van der Waals surface area contributed by atoms with E-state index in [2.05, 4.69) is 33.3 Å². The predicted octanol–water partition coefficient (Wildman–Crippen LogP) is 3.01. The molecule has 0 aliphatic carbocycles. The Labute approximate surface area is 97.4 Å². The van der Waals surface area contributed by atoms with E-state index in [0.717, 1.165) is 23.6 Å². The van der Waals surface area contributed by atoms with Crippen molar-refractivity contribution in [2.45, 2.75) is 6.54 Å². The molecule has 0 saturated carbocycles. The Balaban J connectivity index is 1.79. The average molecular weight is 229 g/mol. The number of imidazole rings is 1. The number of nitrogens with zero attached hydrogens (tertiary/aromatic N) is 2. The van der Waals surface area contributed by atoms with Gasteiger partial charge in [0, 0.05) is 23.5 Å². The van der Waals surface area contributed by atoms with E-state index >= 15 is 0 Å². The van der Waals surface area contributed by atoms with Gasteiger partial charge in [0.2, 0.25) is 0 Å². The Kier molecular flexibility index (Phi) is 2.34. The zero-order valence-corrected chi connectivity index (χ0v) is 9.45. The quantitative estimate of drug-likeness (QED) is 0.748. The molecule has 0 bridgehead atoms. The molecular formula is C12H11N3S. The molecule has 0 aliphatic heterocycles. The zero-order valence-electron chi connectivity index (χ0n) is 8.63. The van der Waals surface area contributed by atoms with E-state index in [1.165, 1.54) is 0 Å². The molecule has 4 heteroatoms. The zero-order chi connectivity index (χ0) is 10.8. The van der Waals surface area contributed by atoms with Crippen LogP contribution in [0.2, 0.25) is 0 Å². The molecule has 0 atom stereocenters.